The Morgan fingerprint density at radius 1 is 0.533 bits per heavy atom. The Morgan fingerprint density at radius 3 is 1.71 bits per heavy atom. The molecule has 3 aromatic heterocycles. The summed E-state index contributed by atoms with van der Waals surface area (Å²) in [6.07, 6.45) is 3.58. The van der Waals surface area contributed by atoms with Gasteiger partial charge >= 0.3 is 0 Å². The minimum atomic E-state index is -2.11. The second kappa shape index (κ2) is 15.5. The quantitative estimate of drug-likeness (QED) is 0.168. The second-order valence-electron chi connectivity index (χ2n) is 9.70. The average molecular weight is 760 g/mol. The normalized spacial score (nSPS) is 11.4. The standard InChI is InChI=1S/C19H12O.2C11H8N.Ir/c1-13-6-8-14(9-7-13)15-10-11-17-16-4-2-3-5-18(16)20-19(17)12-15;2*1-2-6-10(7-3-1)11-8-4-5-9-12-11;/h2-8,11-12H,1H3;2*1-6,8-9H;/q-2;2*-1;/i1D3;;;. The van der Waals surface area contributed by atoms with Crippen LogP contribution in [-0.2, 0) is 20.1 Å². The minimum absolute atomic E-state index is 0. The van der Waals surface area contributed by atoms with Gasteiger partial charge in [0, 0.05) is 42.2 Å². The van der Waals surface area contributed by atoms with E-state index >= 15 is 0 Å². The van der Waals surface area contributed by atoms with E-state index in [1.165, 1.54) is 6.07 Å². The van der Waals surface area contributed by atoms with Crippen LogP contribution in [0, 0.1) is 31.1 Å². The molecule has 0 unspecified atom stereocenters. The molecule has 3 nitrogen and oxygen atoms in total. The van der Waals surface area contributed by atoms with Crippen molar-refractivity contribution in [1.82, 2.24) is 9.97 Å². The molecule has 0 bridgehead atoms. The zero-order valence-corrected chi connectivity index (χ0v) is 26.5. The predicted molar refractivity (Wildman–Crippen MR) is 179 cm³/mol. The first-order valence-corrected chi connectivity index (χ1v) is 14.1. The number of hydrogen-bond donors (Lipinski definition) is 0. The summed E-state index contributed by atoms with van der Waals surface area (Å²) < 4.78 is 28.1. The van der Waals surface area contributed by atoms with Gasteiger partial charge in [-0.25, -0.2) is 11.1 Å². The summed E-state index contributed by atoms with van der Waals surface area (Å²) in [5.74, 6) is 0. The molecule has 0 amide bonds. The Balaban J connectivity index is 0.000000153. The van der Waals surface area contributed by atoms with Crippen molar-refractivity contribution in [2.45, 2.75) is 6.85 Å². The number of aryl methyl sites for hydroxylation is 1. The molecule has 0 saturated carbocycles. The Labute approximate surface area is 281 Å². The number of fused-ring (bicyclic) bond motifs is 3. The summed E-state index contributed by atoms with van der Waals surface area (Å²) >= 11 is 0. The molecule has 0 aliphatic heterocycles. The maximum absolute atomic E-state index is 7.41. The van der Waals surface area contributed by atoms with Crippen LogP contribution in [0.3, 0.4) is 0 Å². The van der Waals surface area contributed by atoms with E-state index in [1.807, 2.05) is 121 Å². The zero-order chi connectivity index (χ0) is 32.5. The molecule has 0 aliphatic carbocycles. The first kappa shape index (κ1) is 27.4. The number of pyridine rings is 2. The molecule has 3 heterocycles. The van der Waals surface area contributed by atoms with Crippen LogP contribution in [0.2, 0.25) is 0 Å². The Kier molecular flexibility index (Phi) is 9.46. The van der Waals surface area contributed by atoms with Gasteiger partial charge in [-0.05, 0) is 35.0 Å². The molecular formula is C41H28IrN2O-4. The van der Waals surface area contributed by atoms with Gasteiger partial charge in [0.25, 0.3) is 0 Å². The van der Waals surface area contributed by atoms with E-state index in [1.54, 1.807) is 24.5 Å². The summed E-state index contributed by atoms with van der Waals surface area (Å²) in [6.45, 7) is -2.11. The van der Waals surface area contributed by atoms with Gasteiger partial charge in [-0.15, -0.1) is 89.5 Å². The van der Waals surface area contributed by atoms with Gasteiger partial charge in [0.1, 0.15) is 5.58 Å². The van der Waals surface area contributed by atoms with Crippen molar-refractivity contribution in [2.24, 2.45) is 0 Å². The number of benzene rings is 5. The van der Waals surface area contributed by atoms with E-state index in [-0.39, 0.29) is 25.7 Å². The molecule has 8 aromatic rings. The molecule has 0 atom stereocenters. The van der Waals surface area contributed by atoms with E-state index in [2.05, 4.69) is 34.2 Å². The fraction of sp³-hybridized carbons (Fsp3) is 0.0244. The first-order valence-electron chi connectivity index (χ1n) is 15.6. The molecule has 221 valence electrons. The van der Waals surface area contributed by atoms with E-state index in [4.69, 9.17) is 8.53 Å². The first-order chi connectivity index (χ1) is 23.0. The fourth-order valence-electron chi connectivity index (χ4n) is 4.56. The van der Waals surface area contributed by atoms with Crippen LogP contribution < -0.4 is 0 Å². The maximum Gasteiger partial charge on any atom is 0.123 e. The molecule has 0 spiro atoms. The molecule has 1 radical (unpaired) electrons. The third kappa shape index (κ3) is 8.07. The van der Waals surface area contributed by atoms with E-state index in [0.29, 0.717) is 0 Å². The van der Waals surface area contributed by atoms with Gasteiger partial charge in [0.05, 0.1) is 0 Å². The topological polar surface area (TPSA) is 38.9 Å². The Hall–Kier alpha value is -5.15. The van der Waals surface area contributed by atoms with Gasteiger partial charge < -0.3 is 14.4 Å². The SMILES string of the molecule is [2H]C([2H])([2H])c1c[c-]c(-c2[c-]cc3c(c2)oc2ccccc23)cc1.[Ir].[c-]1ccccc1-c1ccccn1.[c-]1ccccc1-c1ccccn1. The number of para-hydroxylation sites is 1. The van der Waals surface area contributed by atoms with Crippen molar-refractivity contribution in [2.75, 3.05) is 0 Å². The van der Waals surface area contributed by atoms with Gasteiger partial charge in [-0.2, -0.15) is 30.3 Å². The summed E-state index contributed by atoms with van der Waals surface area (Å²) in [5.41, 5.74) is 7.55. The largest absolute Gasteiger partial charge is 0.477 e. The van der Waals surface area contributed by atoms with Crippen LogP contribution in [0.25, 0.3) is 55.6 Å². The molecule has 8 rings (SSSR count). The molecule has 0 N–H and O–H groups in total. The van der Waals surface area contributed by atoms with Crippen LogP contribution in [0.1, 0.15) is 9.68 Å². The van der Waals surface area contributed by atoms with E-state index < -0.39 is 6.85 Å². The Morgan fingerprint density at radius 2 is 1.16 bits per heavy atom. The van der Waals surface area contributed by atoms with Gasteiger partial charge in [-0.1, -0.05) is 54.7 Å². The smallest absolute Gasteiger partial charge is 0.123 e. The van der Waals surface area contributed by atoms with Crippen LogP contribution in [0.4, 0.5) is 0 Å². The van der Waals surface area contributed by atoms with Crippen molar-refractivity contribution >= 4 is 21.9 Å². The van der Waals surface area contributed by atoms with Crippen molar-refractivity contribution in [3.63, 3.8) is 0 Å². The number of hydrogen-bond acceptors (Lipinski definition) is 3. The number of furan rings is 1. The predicted octanol–water partition coefficient (Wildman–Crippen LogP) is 10.3. The molecule has 0 saturated heterocycles. The molecule has 4 heteroatoms. The van der Waals surface area contributed by atoms with Crippen molar-refractivity contribution in [3.8, 4) is 33.6 Å². The second-order valence-corrected chi connectivity index (χ2v) is 9.70. The van der Waals surface area contributed by atoms with Gasteiger partial charge in [0.15, 0.2) is 0 Å². The average Bonchev–Trinajstić information content (AvgIpc) is 3.51. The monoisotopic (exact) mass is 760 g/mol. The number of rotatable bonds is 3. The van der Waals surface area contributed by atoms with Crippen LogP contribution in [0.15, 0.2) is 156 Å². The van der Waals surface area contributed by atoms with Crippen LogP contribution >= 0.6 is 0 Å². The number of nitrogens with zero attached hydrogens (tertiary/aromatic N) is 2. The third-order valence-corrected chi connectivity index (χ3v) is 6.71. The van der Waals surface area contributed by atoms with Crippen molar-refractivity contribution in [1.29, 1.82) is 0 Å². The van der Waals surface area contributed by atoms with Crippen molar-refractivity contribution in [3.05, 3.63) is 182 Å². The van der Waals surface area contributed by atoms with E-state index in [9.17, 15) is 0 Å². The molecule has 0 aliphatic rings. The minimum Gasteiger partial charge on any atom is -0.477 e. The Bertz CT molecular complexity index is 2000. The maximum atomic E-state index is 7.41. The van der Waals surface area contributed by atoms with Gasteiger partial charge in [-0.3, -0.25) is 0 Å². The fourth-order valence-corrected chi connectivity index (χ4v) is 4.56. The molecule has 45 heavy (non-hydrogen) atoms. The van der Waals surface area contributed by atoms with E-state index in [0.717, 1.165) is 55.6 Å². The molecule has 5 aromatic carbocycles. The molecule has 0 fully saturated rings. The van der Waals surface area contributed by atoms with Crippen LogP contribution in [-0.4, -0.2) is 9.97 Å². The summed E-state index contributed by atoms with van der Waals surface area (Å²) in [6, 6.07) is 56.5. The van der Waals surface area contributed by atoms with Gasteiger partial charge in [0.2, 0.25) is 0 Å². The third-order valence-electron chi connectivity index (χ3n) is 6.71. The summed E-state index contributed by atoms with van der Waals surface area (Å²) in [5, 5.41) is 2.08. The summed E-state index contributed by atoms with van der Waals surface area (Å²) in [7, 11) is 0. The van der Waals surface area contributed by atoms with Crippen LogP contribution in [0.5, 0.6) is 0 Å². The summed E-state index contributed by atoms with van der Waals surface area (Å²) in [4.78, 5) is 8.44. The van der Waals surface area contributed by atoms with Crippen molar-refractivity contribution < 1.29 is 28.6 Å². The number of aromatic nitrogens is 2. The molecular weight excluding hydrogens is 729 g/mol. The zero-order valence-electron chi connectivity index (χ0n) is 27.1.